The highest BCUT2D eigenvalue weighted by molar-refractivity contribution is 7.10. The summed E-state index contributed by atoms with van der Waals surface area (Å²) < 4.78 is 0. The van der Waals surface area contributed by atoms with Crippen LogP contribution in [0.1, 0.15) is 18.7 Å². The second-order valence-corrected chi connectivity index (χ2v) is 6.10. The standard InChI is InChI=1S/C12H16ClN5S/c1-12(2,9-4-3-5-19-9)7-16-10-8(13)6-15-11(17-10)18-14/h3-6H,7,14H2,1-2H3,(H2,15,16,17,18). The summed E-state index contributed by atoms with van der Waals surface area (Å²) in [6.07, 6.45) is 1.52. The molecule has 0 aliphatic carbocycles. The number of hydrazine groups is 1. The smallest absolute Gasteiger partial charge is 0.239 e. The van der Waals surface area contributed by atoms with Crippen LogP contribution >= 0.6 is 22.9 Å². The Bertz CT molecular complexity index is 541. The van der Waals surface area contributed by atoms with E-state index in [1.54, 1.807) is 11.3 Å². The predicted octanol–water partition coefficient (Wildman–Crippen LogP) is 2.87. The van der Waals surface area contributed by atoms with Gasteiger partial charge in [-0.2, -0.15) is 4.98 Å². The summed E-state index contributed by atoms with van der Waals surface area (Å²) in [5, 5.41) is 5.79. The highest BCUT2D eigenvalue weighted by Gasteiger charge is 2.22. The van der Waals surface area contributed by atoms with Gasteiger partial charge in [0, 0.05) is 16.8 Å². The first kappa shape index (κ1) is 14.0. The number of nitrogens with zero attached hydrogens (tertiary/aromatic N) is 2. The number of nitrogens with two attached hydrogens (primary N) is 1. The zero-order valence-corrected chi connectivity index (χ0v) is 12.3. The summed E-state index contributed by atoms with van der Waals surface area (Å²) in [6, 6.07) is 4.18. The second kappa shape index (κ2) is 5.73. The van der Waals surface area contributed by atoms with Crippen molar-refractivity contribution in [1.29, 1.82) is 0 Å². The van der Waals surface area contributed by atoms with Crippen LogP contribution in [0.3, 0.4) is 0 Å². The zero-order valence-electron chi connectivity index (χ0n) is 10.8. The monoisotopic (exact) mass is 297 g/mol. The van der Waals surface area contributed by atoms with E-state index in [1.165, 1.54) is 11.1 Å². The molecule has 0 radical (unpaired) electrons. The number of hydrogen-bond acceptors (Lipinski definition) is 6. The molecule has 0 saturated carbocycles. The minimum atomic E-state index is -0.00124. The number of halogens is 1. The van der Waals surface area contributed by atoms with E-state index in [0.717, 1.165) is 0 Å². The number of nitrogen functional groups attached to an aromatic ring is 1. The van der Waals surface area contributed by atoms with Gasteiger partial charge in [-0.1, -0.05) is 31.5 Å². The van der Waals surface area contributed by atoms with Crippen molar-refractivity contribution in [1.82, 2.24) is 9.97 Å². The Morgan fingerprint density at radius 2 is 2.26 bits per heavy atom. The van der Waals surface area contributed by atoms with Gasteiger partial charge in [0.05, 0.1) is 6.20 Å². The molecule has 2 aromatic rings. The van der Waals surface area contributed by atoms with Crippen molar-refractivity contribution in [2.45, 2.75) is 19.3 Å². The van der Waals surface area contributed by atoms with Crippen LogP contribution in [-0.4, -0.2) is 16.5 Å². The fourth-order valence-corrected chi connectivity index (χ4v) is 2.63. The molecule has 0 fully saturated rings. The molecule has 0 aromatic carbocycles. The van der Waals surface area contributed by atoms with Gasteiger partial charge in [-0.3, -0.25) is 5.43 Å². The quantitative estimate of drug-likeness (QED) is 0.584. The Morgan fingerprint density at radius 3 is 2.89 bits per heavy atom. The molecule has 19 heavy (non-hydrogen) atoms. The van der Waals surface area contributed by atoms with Crippen molar-refractivity contribution < 1.29 is 0 Å². The molecule has 0 unspecified atom stereocenters. The molecule has 7 heteroatoms. The Kier molecular flexibility index (Phi) is 4.24. The van der Waals surface area contributed by atoms with Crippen LogP contribution in [0.15, 0.2) is 23.7 Å². The summed E-state index contributed by atoms with van der Waals surface area (Å²) in [5.41, 5.74) is 2.40. The molecule has 0 atom stereocenters. The van der Waals surface area contributed by atoms with Crippen molar-refractivity contribution >= 4 is 34.7 Å². The van der Waals surface area contributed by atoms with Crippen LogP contribution in [0.5, 0.6) is 0 Å². The van der Waals surface area contributed by atoms with E-state index in [0.29, 0.717) is 23.3 Å². The Morgan fingerprint density at radius 1 is 1.47 bits per heavy atom. The first-order valence-electron chi connectivity index (χ1n) is 5.80. The Hall–Kier alpha value is -1.37. The van der Waals surface area contributed by atoms with Crippen LogP contribution in [0, 0.1) is 0 Å². The maximum atomic E-state index is 6.05. The van der Waals surface area contributed by atoms with E-state index in [9.17, 15) is 0 Å². The average molecular weight is 298 g/mol. The van der Waals surface area contributed by atoms with Crippen molar-refractivity contribution in [3.8, 4) is 0 Å². The maximum absolute atomic E-state index is 6.05. The minimum Gasteiger partial charge on any atom is -0.368 e. The molecule has 4 N–H and O–H groups in total. The number of rotatable bonds is 5. The van der Waals surface area contributed by atoms with Gasteiger partial charge >= 0.3 is 0 Å². The van der Waals surface area contributed by atoms with Gasteiger partial charge in [-0.05, 0) is 11.4 Å². The van der Waals surface area contributed by atoms with Crippen LogP contribution < -0.4 is 16.6 Å². The Balaban J connectivity index is 2.10. The lowest BCUT2D eigenvalue weighted by molar-refractivity contribution is 0.568. The van der Waals surface area contributed by atoms with Crippen LogP contribution in [0.25, 0.3) is 0 Å². The SMILES string of the molecule is CC(C)(CNc1nc(NN)ncc1Cl)c1cccs1. The number of aromatic nitrogens is 2. The third kappa shape index (κ3) is 3.34. The zero-order chi connectivity index (χ0) is 13.9. The van der Waals surface area contributed by atoms with Gasteiger partial charge in [0.15, 0.2) is 5.82 Å². The molecule has 102 valence electrons. The van der Waals surface area contributed by atoms with E-state index in [-0.39, 0.29) is 5.41 Å². The van der Waals surface area contributed by atoms with E-state index in [2.05, 4.69) is 52.1 Å². The number of thiophene rings is 1. The lowest BCUT2D eigenvalue weighted by Gasteiger charge is -2.24. The normalized spacial score (nSPS) is 11.4. The molecular weight excluding hydrogens is 282 g/mol. The van der Waals surface area contributed by atoms with Gasteiger partial charge in [0.25, 0.3) is 0 Å². The lowest BCUT2D eigenvalue weighted by atomic mass is 9.91. The van der Waals surface area contributed by atoms with Crippen molar-refractivity contribution in [2.75, 3.05) is 17.3 Å². The summed E-state index contributed by atoms with van der Waals surface area (Å²) in [6.45, 7) is 5.06. The van der Waals surface area contributed by atoms with Gasteiger partial charge < -0.3 is 5.32 Å². The first-order chi connectivity index (χ1) is 9.03. The molecule has 2 heterocycles. The molecule has 0 aliphatic heterocycles. The third-order valence-electron chi connectivity index (χ3n) is 2.76. The Labute approximate surface area is 121 Å². The summed E-state index contributed by atoms with van der Waals surface area (Å²) in [5.74, 6) is 6.20. The van der Waals surface area contributed by atoms with E-state index in [1.807, 2.05) is 0 Å². The minimum absolute atomic E-state index is 0.00124. The van der Waals surface area contributed by atoms with Crippen LogP contribution in [-0.2, 0) is 5.41 Å². The number of hydrogen-bond donors (Lipinski definition) is 3. The summed E-state index contributed by atoms with van der Waals surface area (Å²) in [4.78, 5) is 9.43. The molecule has 0 amide bonds. The largest absolute Gasteiger partial charge is 0.368 e. The van der Waals surface area contributed by atoms with Gasteiger partial charge in [0.2, 0.25) is 5.95 Å². The van der Waals surface area contributed by atoms with E-state index in [4.69, 9.17) is 17.4 Å². The number of nitrogens with one attached hydrogen (secondary N) is 2. The van der Waals surface area contributed by atoms with Gasteiger partial charge in [0.1, 0.15) is 5.02 Å². The summed E-state index contributed by atoms with van der Waals surface area (Å²) >= 11 is 7.79. The third-order valence-corrected chi connectivity index (χ3v) is 4.27. The first-order valence-corrected chi connectivity index (χ1v) is 7.06. The van der Waals surface area contributed by atoms with E-state index >= 15 is 0 Å². The summed E-state index contributed by atoms with van der Waals surface area (Å²) in [7, 11) is 0. The van der Waals surface area contributed by atoms with E-state index < -0.39 is 0 Å². The maximum Gasteiger partial charge on any atom is 0.239 e. The molecule has 0 saturated heterocycles. The van der Waals surface area contributed by atoms with Gasteiger partial charge in [-0.15, -0.1) is 11.3 Å². The van der Waals surface area contributed by atoms with Crippen molar-refractivity contribution in [3.05, 3.63) is 33.6 Å². The molecule has 0 aliphatic rings. The molecule has 2 aromatic heterocycles. The van der Waals surface area contributed by atoms with Crippen molar-refractivity contribution in [3.63, 3.8) is 0 Å². The molecule has 2 rings (SSSR count). The number of anilines is 2. The van der Waals surface area contributed by atoms with Gasteiger partial charge in [-0.25, -0.2) is 10.8 Å². The van der Waals surface area contributed by atoms with Crippen LogP contribution in [0.4, 0.5) is 11.8 Å². The fourth-order valence-electron chi connectivity index (χ4n) is 1.62. The topological polar surface area (TPSA) is 75.9 Å². The highest BCUT2D eigenvalue weighted by Crippen LogP contribution is 2.28. The van der Waals surface area contributed by atoms with Crippen molar-refractivity contribution in [2.24, 2.45) is 5.84 Å². The molecular formula is C12H16ClN5S. The lowest BCUT2D eigenvalue weighted by Crippen LogP contribution is -2.27. The second-order valence-electron chi connectivity index (χ2n) is 4.75. The predicted molar refractivity (Wildman–Crippen MR) is 80.7 cm³/mol. The highest BCUT2D eigenvalue weighted by atomic mass is 35.5. The van der Waals surface area contributed by atoms with Crippen LogP contribution in [0.2, 0.25) is 5.02 Å². The molecule has 0 spiro atoms. The molecule has 0 bridgehead atoms. The average Bonchev–Trinajstić information content (AvgIpc) is 2.92. The molecule has 5 nitrogen and oxygen atoms in total. The fraction of sp³-hybridized carbons (Fsp3) is 0.333.